The first kappa shape index (κ1) is 7.27. The number of halogens is 2. The van der Waals surface area contributed by atoms with Crippen molar-refractivity contribution in [3.63, 3.8) is 0 Å². The number of carbonyl (C=O) groups excluding carboxylic acids is 1. The van der Waals surface area contributed by atoms with E-state index in [1.165, 1.54) is 0 Å². The molecule has 0 rings (SSSR count). The molecule has 0 aromatic heterocycles. The van der Waals surface area contributed by atoms with Gasteiger partial charge in [-0.15, -0.1) is 0 Å². The third kappa shape index (κ3) is 2.44. The fraction of sp³-hybridized carbons (Fsp3) is 0.400. The standard InChI is InChI=1S/C5H6F2O/c1-4(8)5(7)2-3-6/h2H,3H2,1H3/b5-2-. The molecule has 3 heteroatoms. The first-order valence-electron chi connectivity index (χ1n) is 2.11. The normalized spacial score (nSPS) is 11.6. The third-order valence-corrected chi connectivity index (χ3v) is 0.593. The minimum Gasteiger partial charge on any atom is -0.292 e. The zero-order valence-corrected chi connectivity index (χ0v) is 4.45. The molecule has 0 amide bonds. The molecule has 0 fully saturated rings. The van der Waals surface area contributed by atoms with Crippen LogP contribution >= 0.6 is 0 Å². The van der Waals surface area contributed by atoms with Crippen LogP contribution in [-0.2, 0) is 4.79 Å². The quantitative estimate of drug-likeness (QED) is 0.503. The van der Waals surface area contributed by atoms with E-state index in [1.807, 2.05) is 0 Å². The predicted molar refractivity (Wildman–Crippen MR) is 25.8 cm³/mol. The minimum atomic E-state index is -1.01. The Bertz CT molecular complexity index is 118. The van der Waals surface area contributed by atoms with Gasteiger partial charge in [0.05, 0.1) is 0 Å². The molecule has 0 bridgehead atoms. The topological polar surface area (TPSA) is 17.1 Å². The summed E-state index contributed by atoms with van der Waals surface area (Å²) in [4.78, 5) is 9.92. The SMILES string of the molecule is CC(=O)/C(F)=C/CF. The second-order valence-corrected chi connectivity index (χ2v) is 1.26. The average Bonchev–Trinajstić information content (AvgIpc) is 1.67. The lowest BCUT2D eigenvalue weighted by Gasteiger charge is -1.82. The summed E-state index contributed by atoms with van der Waals surface area (Å²) in [5.41, 5.74) is 0. The Balaban J connectivity index is 3.80. The van der Waals surface area contributed by atoms with Crippen LogP contribution in [0, 0.1) is 0 Å². The summed E-state index contributed by atoms with van der Waals surface area (Å²) in [7, 11) is 0. The fourth-order valence-electron chi connectivity index (χ4n) is 0.211. The van der Waals surface area contributed by atoms with E-state index in [0.29, 0.717) is 6.08 Å². The Morgan fingerprint density at radius 3 is 2.38 bits per heavy atom. The minimum absolute atomic E-state index is 0.600. The van der Waals surface area contributed by atoms with Crippen LogP contribution in [0.4, 0.5) is 8.78 Å². The molecule has 0 unspecified atom stereocenters. The molecule has 0 spiro atoms. The second kappa shape index (κ2) is 3.29. The van der Waals surface area contributed by atoms with Crippen LogP contribution in [-0.4, -0.2) is 12.5 Å². The number of Topliss-reactive ketones (excluding diaryl/α,β-unsaturated/α-hetero) is 1. The first-order valence-corrected chi connectivity index (χ1v) is 2.11. The molecule has 8 heavy (non-hydrogen) atoms. The third-order valence-electron chi connectivity index (χ3n) is 0.593. The zero-order chi connectivity index (χ0) is 6.57. The van der Waals surface area contributed by atoms with Crippen molar-refractivity contribution in [2.45, 2.75) is 6.92 Å². The molecule has 0 radical (unpaired) electrons. The highest BCUT2D eigenvalue weighted by Gasteiger charge is 1.97. The van der Waals surface area contributed by atoms with E-state index < -0.39 is 18.3 Å². The van der Waals surface area contributed by atoms with Gasteiger partial charge >= 0.3 is 0 Å². The molecular formula is C5H6F2O. The maximum absolute atomic E-state index is 11.8. The van der Waals surface area contributed by atoms with Crippen LogP contribution in [0.1, 0.15) is 6.92 Å². The average molecular weight is 120 g/mol. The van der Waals surface area contributed by atoms with Crippen LogP contribution < -0.4 is 0 Å². The summed E-state index contributed by atoms with van der Waals surface area (Å²) >= 11 is 0. The van der Waals surface area contributed by atoms with Crippen LogP contribution in [0.15, 0.2) is 11.9 Å². The van der Waals surface area contributed by atoms with Gasteiger partial charge in [-0.25, -0.2) is 8.78 Å². The molecule has 0 aliphatic carbocycles. The number of carbonyl (C=O) groups is 1. The summed E-state index contributed by atoms with van der Waals surface area (Å²) < 4.78 is 22.9. The first-order chi connectivity index (χ1) is 3.68. The summed E-state index contributed by atoms with van der Waals surface area (Å²) in [6, 6.07) is 0. The van der Waals surface area contributed by atoms with Crippen molar-refractivity contribution in [1.29, 1.82) is 0 Å². The number of ketones is 1. The van der Waals surface area contributed by atoms with Gasteiger partial charge in [-0.05, 0) is 6.08 Å². The number of alkyl halides is 1. The van der Waals surface area contributed by atoms with Crippen LogP contribution in [0.25, 0.3) is 0 Å². The fourth-order valence-corrected chi connectivity index (χ4v) is 0.211. The van der Waals surface area contributed by atoms with E-state index in [4.69, 9.17) is 0 Å². The number of hydrogen-bond donors (Lipinski definition) is 0. The number of allylic oxidation sites excluding steroid dienone is 2. The highest BCUT2D eigenvalue weighted by molar-refractivity contribution is 5.90. The van der Waals surface area contributed by atoms with Crippen LogP contribution in [0.2, 0.25) is 0 Å². The zero-order valence-electron chi connectivity index (χ0n) is 4.45. The molecule has 0 N–H and O–H groups in total. The lowest BCUT2D eigenvalue weighted by molar-refractivity contribution is -0.114. The van der Waals surface area contributed by atoms with Gasteiger partial charge in [-0.2, -0.15) is 0 Å². The lowest BCUT2D eigenvalue weighted by atomic mass is 10.4. The summed E-state index contributed by atoms with van der Waals surface area (Å²) in [5, 5.41) is 0. The van der Waals surface area contributed by atoms with Crippen molar-refractivity contribution >= 4 is 5.78 Å². The van der Waals surface area contributed by atoms with Gasteiger partial charge in [0.25, 0.3) is 0 Å². The number of rotatable bonds is 2. The van der Waals surface area contributed by atoms with Gasteiger partial charge < -0.3 is 0 Å². The van der Waals surface area contributed by atoms with E-state index in [0.717, 1.165) is 6.92 Å². The molecule has 0 aromatic rings. The largest absolute Gasteiger partial charge is 0.292 e. The van der Waals surface area contributed by atoms with E-state index in [1.54, 1.807) is 0 Å². The summed E-state index contributed by atoms with van der Waals surface area (Å²) in [5.74, 6) is -1.74. The maximum Gasteiger partial charge on any atom is 0.187 e. The molecule has 0 aromatic carbocycles. The Kier molecular flexibility index (Phi) is 2.99. The smallest absolute Gasteiger partial charge is 0.187 e. The van der Waals surface area contributed by atoms with Gasteiger partial charge in [0.2, 0.25) is 0 Å². The molecule has 0 aliphatic heterocycles. The van der Waals surface area contributed by atoms with Crippen molar-refractivity contribution in [2.75, 3.05) is 6.67 Å². The molecule has 1 nitrogen and oxygen atoms in total. The maximum atomic E-state index is 11.8. The Morgan fingerprint density at radius 2 is 2.25 bits per heavy atom. The molecule has 0 saturated heterocycles. The van der Waals surface area contributed by atoms with E-state index in [9.17, 15) is 13.6 Å². The van der Waals surface area contributed by atoms with Crippen LogP contribution in [0.5, 0.6) is 0 Å². The van der Waals surface area contributed by atoms with E-state index in [2.05, 4.69) is 0 Å². The summed E-state index contributed by atoms with van der Waals surface area (Å²) in [6.45, 7) is 0.118. The Morgan fingerprint density at radius 1 is 1.75 bits per heavy atom. The van der Waals surface area contributed by atoms with Gasteiger partial charge in [0.15, 0.2) is 11.6 Å². The van der Waals surface area contributed by atoms with Crippen molar-refractivity contribution < 1.29 is 13.6 Å². The number of hydrogen-bond acceptors (Lipinski definition) is 1. The van der Waals surface area contributed by atoms with E-state index >= 15 is 0 Å². The van der Waals surface area contributed by atoms with Crippen molar-refractivity contribution in [1.82, 2.24) is 0 Å². The molecule has 46 valence electrons. The van der Waals surface area contributed by atoms with Gasteiger partial charge in [-0.3, -0.25) is 4.79 Å². The molecule has 0 atom stereocenters. The summed E-state index contributed by atoms with van der Waals surface area (Å²) in [6.07, 6.45) is 0.600. The Hall–Kier alpha value is -0.730. The Labute approximate surface area is 46.0 Å². The predicted octanol–water partition coefficient (Wildman–Crippen LogP) is 1.40. The van der Waals surface area contributed by atoms with Crippen molar-refractivity contribution in [2.24, 2.45) is 0 Å². The van der Waals surface area contributed by atoms with Gasteiger partial charge in [0.1, 0.15) is 6.67 Å². The molecule has 0 saturated carbocycles. The molecular weight excluding hydrogens is 114 g/mol. The van der Waals surface area contributed by atoms with Gasteiger partial charge in [0, 0.05) is 6.92 Å². The molecule has 0 heterocycles. The van der Waals surface area contributed by atoms with Gasteiger partial charge in [-0.1, -0.05) is 0 Å². The highest BCUT2D eigenvalue weighted by atomic mass is 19.1. The van der Waals surface area contributed by atoms with E-state index in [-0.39, 0.29) is 0 Å². The van der Waals surface area contributed by atoms with Crippen molar-refractivity contribution in [3.05, 3.63) is 11.9 Å². The second-order valence-electron chi connectivity index (χ2n) is 1.26. The highest BCUT2D eigenvalue weighted by Crippen LogP contribution is 1.95. The lowest BCUT2D eigenvalue weighted by Crippen LogP contribution is -1.89. The molecule has 0 aliphatic rings. The van der Waals surface area contributed by atoms with Crippen LogP contribution in [0.3, 0.4) is 0 Å². The monoisotopic (exact) mass is 120 g/mol. The van der Waals surface area contributed by atoms with Crippen molar-refractivity contribution in [3.8, 4) is 0 Å².